The van der Waals surface area contributed by atoms with Gasteiger partial charge in [-0.05, 0) is 38.1 Å². The van der Waals surface area contributed by atoms with Gasteiger partial charge < -0.3 is 19.2 Å². The topological polar surface area (TPSA) is 108 Å². The molecule has 2 aromatic carbocycles. The van der Waals surface area contributed by atoms with Gasteiger partial charge in [0.05, 0.1) is 24.8 Å². The van der Waals surface area contributed by atoms with E-state index in [4.69, 9.17) is 13.9 Å². The van der Waals surface area contributed by atoms with Crippen LogP contribution in [0.15, 0.2) is 59.1 Å². The second-order valence-corrected chi connectivity index (χ2v) is 6.99. The van der Waals surface area contributed by atoms with E-state index >= 15 is 0 Å². The number of oxazole rings is 1. The van der Waals surface area contributed by atoms with Gasteiger partial charge in [0, 0.05) is 17.7 Å². The van der Waals surface area contributed by atoms with E-state index in [9.17, 15) is 14.4 Å². The second kappa shape index (κ2) is 10.9. The van der Waals surface area contributed by atoms with E-state index in [0.29, 0.717) is 22.9 Å². The van der Waals surface area contributed by atoms with E-state index in [1.165, 1.54) is 0 Å². The first-order valence-corrected chi connectivity index (χ1v) is 10.2. The molecule has 0 fully saturated rings. The number of nitrogens with zero attached hydrogens (tertiary/aromatic N) is 1. The standard InChI is InChI=1S/C24H24N2O6/c1-3-30-24(29)18-8-10-19(11-9-18)26-21(27)15-31-23(28)13-12-22-25-14-20(32-22)17-6-4-16(2)5-7-17/h4-11,14H,3,12-13,15H2,1-2H3,(H,26,27). The van der Waals surface area contributed by atoms with Crippen molar-refractivity contribution in [2.45, 2.75) is 26.7 Å². The molecule has 3 rings (SSSR count). The second-order valence-electron chi connectivity index (χ2n) is 6.99. The van der Waals surface area contributed by atoms with Gasteiger partial charge in [0.25, 0.3) is 5.91 Å². The van der Waals surface area contributed by atoms with Gasteiger partial charge in [-0.1, -0.05) is 29.8 Å². The summed E-state index contributed by atoms with van der Waals surface area (Å²) in [5.74, 6) is -0.408. The predicted molar refractivity (Wildman–Crippen MR) is 117 cm³/mol. The molecule has 0 aliphatic heterocycles. The molecular weight excluding hydrogens is 412 g/mol. The van der Waals surface area contributed by atoms with E-state index in [-0.39, 0.29) is 19.4 Å². The van der Waals surface area contributed by atoms with Gasteiger partial charge in [-0.15, -0.1) is 0 Å². The highest BCUT2D eigenvalue weighted by molar-refractivity contribution is 5.94. The monoisotopic (exact) mass is 436 g/mol. The highest BCUT2D eigenvalue weighted by atomic mass is 16.5. The molecule has 0 aliphatic carbocycles. The molecule has 1 heterocycles. The smallest absolute Gasteiger partial charge is 0.338 e. The van der Waals surface area contributed by atoms with E-state index in [1.807, 2.05) is 31.2 Å². The number of carbonyl (C=O) groups is 3. The van der Waals surface area contributed by atoms with Crippen molar-refractivity contribution >= 4 is 23.5 Å². The molecule has 0 spiro atoms. The Hall–Kier alpha value is -3.94. The van der Waals surface area contributed by atoms with E-state index in [2.05, 4.69) is 10.3 Å². The van der Waals surface area contributed by atoms with Crippen LogP contribution in [0.3, 0.4) is 0 Å². The number of rotatable bonds is 9. The molecule has 32 heavy (non-hydrogen) atoms. The Morgan fingerprint density at radius 1 is 1.00 bits per heavy atom. The van der Waals surface area contributed by atoms with Gasteiger partial charge in [-0.3, -0.25) is 9.59 Å². The van der Waals surface area contributed by atoms with Crippen molar-refractivity contribution in [3.05, 3.63) is 71.7 Å². The van der Waals surface area contributed by atoms with Crippen molar-refractivity contribution in [2.24, 2.45) is 0 Å². The Balaban J connectivity index is 1.40. The lowest BCUT2D eigenvalue weighted by Gasteiger charge is -2.07. The predicted octanol–water partition coefficient (Wildman–Crippen LogP) is 3.94. The minimum Gasteiger partial charge on any atom is -0.462 e. The molecule has 1 aromatic heterocycles. The maximum Gasteiger partial charge on any atom is 0.338 e. The lowest BCUT2D eigenvalue weighted by Crippen LogP contribution is -2.21. The first-order valence-electron chi connectivity index (χ1n) is 10.2. The van der Waals surface area contributed by atoms with E-state index in [1.54, 1.807) is 37.4 Å². The normalized spacial score (nSPS) is 10.4. The number of benzene rings is 2. The molecule has 0 saturated carbocycles. The fraction of sp³-hybridized carbons (Fsp3) is 0.250. The van der Waals surface area contributed by atoms with E-state index < -0.39 is 24.5 Å². The first kappa shape index (κ1) is 22.7. The van der Waals surface area contributed by atoms with Crippen molar-refractivity contribution in [1.29, 1.82) is 0 Å². The number of ether oxygens (including phenoxy) is 2. The lowest BCUT2D eigenvalue weighted by atomic mass is 10.1. The van der Waals surface area contributed by atoms with Crippen molar-refractivity contribution < 1.29 is 28.3 Å². The Morgan fingerprint density at radius 2 is 1.72 bits per heavy atom. The SMILES string of the molecule is CCOC(=O)c1ccc(NC(=O)COC(=O)CCc2ncc(-c3ccc(C)cc3)o2)cc1. The van der Waals surface area contributed by atoms with Crippen molar-refractivity contribution in [3.63, 3.8) is 0 Å². The van der Waals surface area contributed by atoms with Crippen molar-refractivity contribution in [2.75, 3.05) is 18.5 Å². The van der Waals surface area contributed by atoms with Gasteiger partial charge in [-0.2, -0.15) is 0 Å². The van der Waals surface area contributed by atoms with Gasteiger partial charge >= 0.3 is 11.9 Å². The summed E-state index contributed by atoms with van der Waals surface area (Å²) in [5.41, 5.74) is 2.91. The van der Waals surface area contributed by atoms with Crippen LogP contribution in [0.1, 0.15) is 35.2 Å². The zero-order valence-electron chi connectivity index (χ0n) is 17.9. The summed E-state index contributed by atoms with van der Waals surface area (Å²) >= 11 is 0. The Labute approximate surface area is 185 Å². The maximum absolute atomic E-state index is 12.0. The number of hydrogen-bond acceptors (Lipinski definition) is 7. The van der Waals surface area contributed by atoms with Crippen LogP contribution in [-0.2, 0) is 25.5 Å². The molecule has 8 heteroatoms. The van der Waals surface area contributed by atoms with Crippen LogP contribution in [0.4, 0.5) is 5.69 Å². The number of anilines is 1. The molecule has 0 atom stereocenters. The molecule has 0 bridgehead atoms. The minimum atomic E-state index is -0.534. The fourth-order valence-electron chi connectivity index (χ4n) is 2.81. The van der Waals surface area contributed by atoms with Gasteiger partial charge in [0.15, 0.2) is 18.3 Å². The average Bonchev–Trinajstić information content (AvgIpc) is 3.26. The van der Waals surface area contributed by atoms with Crippen molar-refractivity contribution in [3.8, 4) is 11.3 Å². The molecule has 3 aromatic rings. The van der Waals surface area contributed by atoms with Crippen LogP contribution in [0.5, 0.6) is 0 Å². The summed E-state index contributed by atoms with van der Waals surface area (Å²) < 4.78 is 15.6. The molecule has 1 N–H and O–H groups in total. The van der Waals surface area contributed by atoms with Crippen LogP contribution < -0.4 is 5.32 Å². The zero-order chi connectivity index (χ0) is 22.9. The Bertz CT molecular complexity index is 1070. The molecule has 0 aliphatic rings. The summed E-state index contributed by atoms with van der Waals surface area (Å²) in [4.78, 5) is 39.7. The third kappa shape index (κ3) is 6.53. The molecule has 166 valence electrons. The van der Waals surface area contributed by atoms with E-state index in [0.717, 1.165) is 11.1 Å². The van der Waals surface area contributed by atoms with Crippen LogP contribution in [-0.4, -0.2) is 36.0 Å². The third-order valence-corrected chi connectivity index (χ3v) is 4.48. The average molecular weight is 436 g/mol. The molecule has 0 radical (unpaired) electrons. The van der Waals surface area contributed by atoms with Gasteiger partial charge in [-0.25, -0.2) is 9.78 Å². The summed E-state index contributed by atoms with van der Waals surface area (Å²) in [6, 6.07) is 14.1. The zero-order valence-corrected chi connectivity index (χ0v) is 17.9. The number of nitrogens with one attached hydrogen (secondary N) is 1. The van der Waals surface area contributed by atoms with Crippen LogP contribution in [0.2, 0.25) is 0 Å². The Morgan fingerprint density at radius 3 is 2.41 bits per heavy atom. The highest BCUT2D eigenvalue weighted by Crippen LogP contribution is 2.21. The lowest BCUT2D eigenvalue weighted by molar-refractivity contribution is -0.147. The summed E-state index contributed by atoms with van der Waals surface area (Å²) in [5, 5.41) is 2.60. The molecular formula is C24H24N2O6. The third-order valence-electron chi connectivity index (χ3n) is 4.48. The summed E-state index contributed by atoms with van der Waals surface area (Å²) in [7, 11) is 0. The quantitative estimate of drug-likeness (QED) is 0.506. The fourth-order valence-corrected chi connectivity index (χ4v) is 2.81. The number of carbonyl (C=O) groups excluding carboxylic acids is 3. The number of amides is 1. The highest BCUT2D eigenvalue weighted by Gasteiger charge is 2.12. The number of esters is 2. The van der Waals surface area contributed by atoms with Crippen molar-refractivity contribution in [1.82, 2.24) is 4.98 Å². The van der Waals surface area contributed by atoms with Gasteiger partial charge in [0.1, 0.15) is 0 Å². The molecule has 0 saturated heterocycles. The van der Waals surface area contributed by atoms with Crippen LogP contribution >= 0.6 is 0 Å². The number of aromatic nitrogens is 1. The number of hydrogen-bond donors (Lipinski definition) is 1. The first-order chi connectivity index (χ1) is 15.4. The maximum atomic E-state index is 12.0. The van der Waals surface area contributed by atoms with Gasteiger partial charge in [0.2, 0.25) is 0 Å². The molecule has 1 amide bonds. The van der Waals surface area contributed by atoms with Crippen LogP contribution in [0.25, 0.3) is 11.3 Å². The Kier molecular flexibility index (Phi) is 7.75. The number of aryl methyl sites for hydroxylation is 2. The summed E-state index contributed by atoms with van der Waals surface area (Å²) in [6.45, 7) is 3.59. The van der Waals surface area contributed by atoms with Crippen LogP contribution in [0, 0.1) is 6.92 Å². The minimum absolute atomic E-state index is 0.0371. The molecule has 8 nitrogen and oxygen atoms in total. The summed E-state index contributed by atoms with van der Waals surface area (Å²) in [6.07, 6.45) is 1.92. The largest absolute Gasteiger partial charge is 0.462 e. The molecule has 0 unspecified atom stereocenters.